The number of rotatable bonds is 7. The Hall–Kier alpha value is -3.59. The van der Waals surface area contributed by atoms with Crippen molar-refractivity contribution in [3.63, 3.8) is 0 Å². The standard InChI is InChI=1S/C25H28N2O7/c1-6-34-24(30)25(2)20-19(21(26-25)17-12-11-16(32-4)13-18(17)33-5)22(28)27(23(20)29)14-7-9-15(31-3)10-8-14/h7-13,19-21,26H,6H2,1-5H3/t19-,20+,21+,25+/m0/s1. The van der Waals surface area contributed by atoms with Gasteiger partial charge < -0.3 is 18.9 Å². The summed E-state index contributed by atoms with van der Waals surface area (Å²) >= 11 is 0. The average molecular weight is 469 g/mol. The Balaban J connectivity index is 1.82. The Morgan fingerprint density at radius 2 is 1.62 bits per heavy atom. The number of carbonyl (C=O) groups is 3. The fourth-order valence-corrected chi connectivity index (χ4v) is 4.94. The Bertz CT molecular complexity index is 1120. The van der Waals surface area contributed by atoms with Gasteiger partial charge in [0.15, 0.2) is 0 Å². The maximum atomic E-state index is 13.7. The number of anilines is 1. The van der Waals surface area contributed by atoms with Crippen LogP contribution in [0.4, 0.5) is 5.69 Å². The first-order valence-electron chi connectivity index (χ1n) is 11.0. The van der Waals surface area contributed by atoms with Crippen molar-refractivity contribution in [2.24, 2.45) is 11.8 Å². The molecule has 0 bridgehead atoms. The van der Waals surface area contributed by atoms with Crippen LogP contribution in [-0.2, 0) is 19.1 Å². The maximum absolute atomic E-state index is 13.7. The predicted octanol–water partition coefficient (Wildman–Crippen LogP) is 2.48. The second kappa shape index (κ2) is 8.98. The van der Waals surface area contributed by atoms with Crippen LogP contribution in [0.1, 0.15) is 25.5 Å². The van der Waals surface area contributed by atoms with E-state index >= 15 is 0 Å². The molecule has 2 fully saturated rings. The van der Waals surface area contributed by atoms with Crippen LogP contribution in [0, 0.1) is 11.8 Å². The second-order valence-electron chi connectivity index (χ2n) is 8.37. The number of imide groups is 1. The van der Waals surface area contributed by atoms with Gasteiger partial charge in [0, 0.05) is 17.7 Å². The highest BCUT2D eigenvalue weighted by Crippen LogP contribution is 2.51. The van der Waals surface area contributed by atoms with Crippen molar-refractivity contribution in [3.8, 4) is 17.2 Å². The monoisotopic (exact) mass is 468 g/mol. The van der Waals surface area contributed by atoms with E-state index in [1.165, 1.54) is 14.2 Å². The van der Waals surface area contributed by atoms with Gasteiger partial charge in [-0.3, -0.25) is 19.7 Å². The van der Waals surface area contributed by atoms with E-state index in [0.29, 0.717) is 28.5 Å². The molecule has 2 amide bonds. The van der Waals surface area contributed by atoms with Gasteiger partial charge in [0.2, 0.25) is 11.8 Å². The maximum Gasteiger partial charge on any atom is 0.326 e. The summed E-state index contributed by atoms with van der Waals surface area (Å²) in [6, 6.07) is 11.2. The highest BCUT2D eigenvalue weighted by molar-refractivity contribution is 6.24. The molecule has 180 valence electrons. The zero-order valence-corrected chi connectivity index (χ0v) is 19.8. The topological polar surface area (TPSA) is 103 Å². The molecule has 0 saturated carbocycles. The van der Waals surface area contributed by atoms with Gasteiger partial charge in [-0.05, 0) is 44.2 Å². The van der Waals surface area contributed by atoms with Crippen molar-refractivity contribution < 1.29 is 33.3 Å². The van der Waals surface area contributed by atoms with Crippen LogP contribution >= 0.6 is 0 Å². The van der Waals surface area contributed by atoms with Crippen molar-refractivity contribution in [2.75, 3.05) is 32.8 Å². The SMILES string of the molecule is CCOC(=O)[C@]1(C)N[C@H](c2ccc(OC)cc2OC)[C@H]2C(=O)N(c3ccc(OC)cc3)C(=O)[C@@H]21. The van der Waals surface area contributed by atoms with Crippen molar-refractivity contribution in [1.29, 1.82) is 0 Å². The van der Waals surface area contributed by atoms with Crippen molar-refractivity contribution in [2.45, 2.75) is 25.4 Å². The molecule has 4 atom stereocenters. The minimum Gasteiger partial charge on any atom is -0.497 e. The number of ether oxygens (including phenoxy) is 4. The first-order chi connectivity index (χ1) is 16.3. The lowest BCUT2D eigenvalue weighted by atomic mass is 9.80. The third-order valence-electron chi connectivity index (χ3n) is 6.59. The summed E-state index contributed by atoms with van der Waals surface area (Å²) in [6.45, 7) is 3.46. The minimum atomic E-state index is -1.41. The molecule has 9 nitrogen and oxygen atoms in total. The second-order valence-corrected chi connectivity index (χ2v) is 8.37. The highest BCUT2D eigenvalue weighted by Gasteiger charge is 2.67. The van der Waals surface area contributed by atoms with Gasteiger partial charge in [0.1, 0.15) is 22.8 Å². The van der Waals surface area contributed by atoms with Crippen LogP contribution in [0.3, 0.4) is 0 Å². The zero-order valence-electron chi connectivity index (χ0n) is 19.8. The lowest BCUT2D eigenvalue weighted by molar-refractivity contribution is -0.153. The fraction of sp³-hybridized carbons (Fsp3) is 0.400. The van der Waals surface area contributed by atoms with Crippen molar-refractivity contribution >= 4 is 23.5 Å². The van der Waals surface area contributed by atoms with Crippen LogP contribution in [0.5, 0.6) is 17.2 Å². The number of fused-ring (bicyclic) bond motifs is 1. The van der Waals surface area contributed by atoms with Gasteiger partial charge in [0.05, 0.1) is 45.5 Å². The number of nitrogens with one attached hydrogen (secondary N) is 1. The summed E-state index contributed by atoms with van der Waals surface area (Å²) in [5.74, 6) is -1.59. The summed E-state index contributed by atoms with van der Waals surface area (Å²) in [5.41, 5.74) is -0.356. The van der Waals surface area contributed by atoms with Gasteiger partial charge in [-0.15, -0.1) is 0 Å². The van der Waals surface area contributed by atoms with Gasteiger partial charge >= 0.3 is 5.97 Å². The van der Waals surface area contributed by atoms with Crippen LogP contribution in [-0.4, -0.2) is 51.3 Å². The highest BCUT2D eigenvalue weighted by atomic mass is 16.5. The van der Waals surface area contributed by atoms with E-state index in [4.69, 9.17) is 18.9 Å². The molecule has 2 aromatic carbocycles. The third kappa shape index (κ3) is 3.56. The molecule has 0 unspecified atom stereocenters. The minimum absolute atomic E-state index is 0.147. The number of esters is 1. The van der Waals surface area contributed by atoms with Crippen molar-refractivity contribution in [3.05, 3.63) is 48.0 Å². The van der Waals surface area contributed by atoms with Gasteiger partial charge in [0.25, 0.3) is 0 Å². The molecule has 2 heterocycles. The van der Waals surface area contributed by atoms with Crippen molar-refractivity contribution in [1.82, 2.24) is 5.32 Å². The van der Waals surface area contributed by atoms with E-state index in [0.717, 1.165) is 4.90 Å². The van der Waals surface area contributed by atoms with E-state index in [9.17, 15) is 14.4 Å². The van der Waals surface area contributed by atoms with Gasteiger partial charge in [-0.2, -0.15) is 0 Å². The van der Waals surface area contributed by atoms with Gasteiger partial charge in [-0.25, -0.2) is 4.90 Å². The number of hydrogen-bond donors (Lipinski definition) is 1. The molecular weight excluding hydrogens is 440 g/mol. The number of hydrogen-bond acceptors (Lipinski definition) is 8. The lowest BCUT2D eigenvalue weighted by Gasteiger charge is -2.29. The molecule has 4 rings (SSSR count). The smallest absolute Gasteiger partial charge is 0.326 e. The molecule has 2 aliphatic heterocycles. The summed E-state index contributed by atoms with van der Waals surface area (Å²) in [5, 5.41) is 3.25. The van der Waals surface area contributed by atoms with E-state index < -0.39 is 41.2 Å². The van der Waals surface area contributed by atoms with Crippen LogP contribution < -0.4 is 24.4 Å². The zero-order chi connectivity index (χ0) is 24.6. The molecule has 1 N–H and O–H groups in total. The first-order valence-corrected chi connectivity index (χ1v) is 11.0. The predicted molar refractivity (Wildman–Crippen MR) is 123 cm³/mol. The number of methoxy groups -OCH3 is 3. The number of benzene rings is 2. The molecule has 2 aliphatic rings. The Morgan fingerprint density at radius 3 is 2.21 bits per heavy atom. The van der Waals surface area contributed by atoms with Crippen LogP contribution in [0.2, 0.25) is 0 Å². The summed E-state index contributed by atoms with van der Waals surface area (Å²) in [4.78, 5) is 41.7. The largest absolute Gasteiger partial charge is 0.497 e. The summed E-state index contributed by atoms with van der Waals surface area (Å²) in [6.07, 6.45) is 0. The first kappa shape index (κ1) is 23.6. The molecule has 0 aromatic heterocycles. The molecule has 0 radical (unpaired) electrons. The Kier molecular flexibility index (Phi) is 6.22. The fourth-order valence-electron chi connectivity index (χ4n) is 4.94. The van der Waals surface area contributed by atoms with E-state index in [1.54, 1.807) is 63.4 Å². The van der Waals surface area contributed by atoms with Gasteiger partial charge in [-0.1, -0.05) is 6.07 Å². The van der Waals surface area contributed by atoms with Crippen LogP contribution in [0.15, 0.2) is 42.5 Å². The molecule has 34 heavy (non-hydrogen) atoms. The normalized spacial score (nSPS) is 25.8. The third-order valence-corrected chi connectivity index (χ3v) is 6.59. The molecule has 2 saturated heterocycles. The molecule has 0 aliphatic carbocycles. The number of amides is 2. The molecule has 0 spiro atoms. The molecule has 2 aromatic rings. The van der Waals surface area contributed by atoms with Crippen LogP contribution in [0.25, 0.3) is 0 Å². The Morgan fingerprint density at radius 1 is 0.971 bits per heavy atom. The van der Waals surface area contributed by atoms with E-state index in [2.05, 4.69) is 5.32 Å². The lowest BCUT2D eigenvalue weighted by Crippen LogP contribution is -2.54. The quantitative estimate of drug-likeness (QED) is 0.488. The van der Waals surface area contributed by atoms with E-state index in [1.807, 2.05) is 0 Å². The number of carbonyl (C=O) groups excluding carboxylic acids is 3. The van der Waals surface area contributed by atoms with E-state index in [-0.39, 0.29) is 6.61 Å². The average Bonchev–Trinajstić information content (AvgIpc) is 3.32. The summed E-state index contributed by atoms with van der Waals surface area (Å²) < 4.78 is 21.4. The number of nitrogens with zero attached hydrogens (tertiary/aromatic N) is 1. The Labute approximate surface area is 197 Å². The molecular formula is C25H28N2O7. The summed E-state index contributed by atoms with van der Waals surface area (Å²) in [7, 11) is 4.59. The molecule has 9 heteroatoms.